The Morgan fingerprint density at radius 3 is 2.62 bits per heavy atom. The Morgan fingerprint density at radius 2 is 1.92 bits per heavy atom. The van der Waals surface area contributed by atoms with Crippen LogP contribution in [0, 0.1) is 5.92 Å². The second-order valence-corrected chi connectivity index (χ2v) is 10.2. The first-order valence-electron chi connectivity index (χ1n) is 9.12. The lowest BCUT2D eigenvalue weighted by atomic mass is 10.2. The molecule has 2 fully saturated rings. The van der Waals surface area contributed by atoms with Gasteiger partial charge >= 0.3 is 0 Å². The van der Waals surface area contributed by atoms with Gasteiger partial charge in [-0.15, -0.1) is 23.7 Å². The molecule has 9 heteroatoms. The molecule has 2 aliphatic rings. The summed E-state index contributed by atoms with van der Waals surface area (Å²) in [6.45, 7) is 3.07. The second-order valence-electron chi connectivity index (χ2n) is 6.86. The van der Waals surface area contributed by atoms with Gasteiger partial charge in [-0.05, 0) is 56.7 Å². The summed E-state index contributed by atoms with van der Waals surface area (Å²) in [4.78, 5) is 12.7. The molecule has 0 radical (unpaired) electrons. The monoisotopic (exact) mass is 421 g/mol. The lowest BCUT2D eigenvalue weighted by Crippen LogP contribution is -2.35. The van der Waals surface area contributed by atoms with Crippen molar-refractivity contribution in [2.45, 2.75) is 42.7 Å². The number of rotatable bonds is 9. The zero-order valence-electron chi connectivity index (χ0n) is 14.9. The number of nitrogens with zero attached hydrogens (tertiary/aromatic N) is 1. The van der Waals surface area contributed by atoms with Crippen molar-refractivity contribution in [3.8, 4) is 0 Å². The van der Waals surface area contributed by atoms with Crippen LogP contribution in [0.3, 0.4) is 0 Å². The van der Waals surface area contributed by atoms with Crippen molar-refractivity contribution in [2.24, 2.45) is 5.92 Å². The minimum Gasteiger partial charge on any atom is -0.355 e. The van der Waals surface area contributed by atoms with E-state index >= 15 is 0 Å². The molecule has 1 aliphatic heterocycles. The fourth-order valence-corrected chi connectivity index (χ4v) is 5.99. The first-order chi connectivity index (χ1) is 12.1. The predicted molar refractivity (Wildman–Crippen MR) is 106 cm³/mol. The Morgan fingerprint density at radius 1 is 1.19 bits per heavy atom. The van der Waals surface area contributed by atoms with E-state index in [0.717, 1.165) is 36.6 Å². The van der Waals surface area contributed by atoms with E-state index in [0.29, 0.717) is 36.8 Å². The van der Waals surface area contributed by atoms with Crippen LogP contribution in [-0.2, 0) is 21.2 Å². The molecule has 0 aromatic carbocycles. The van der Waals surface area contributed by atoms with E-state index in [4.69, 9.17) is 0 Å². The number of sulfonamides is 1. The molecule has 0 unspecified atom stereocenters. The SMILES string of the molecule is Cl.O=C(CNCC1CC1)NCCc1ccc(S(=O)(=O)N2CCCCC2)s1. The van der Waals surface area contributed by atoms with Gasteiger partial charge in [-0.1, -0.05) is 6.42 Å². The Bertz CT molecular complexity index is 683. The quantitative estimate of drug-likeness (QED) is 0.639. The highest BCUT2D eigenvalue weighted by atomic mass is 35.5. The first kappa shape index (κ1) is 21.6. The summed E-state index contributed by atoms with van der Waals surface area (Å²) in [6.07, 6.45) is 6.20. The van der Waals surface area contributed by atoms with Crippen LogP contribution in [-0.4, -0.2) is 51.4 Å². The summed E-state index contributed by atoms with van der Waals surface area (Å²) in [5, 5.41) is 6.04. The minimum absolute atomic E-state index is 0. The molecule has 1 amide bonds. The third-order valence-electron chi connectivity index (χ3n) is 4.66. The van der Waals surface area contributed by atoms with Gasteiger partial charge in [0.05, 0.1) is 6.54 Å². The van der Waals surface area contributed by atoms with E-state index in [1.54, 1.807) is 10.4 Å². The smallest absolute Gasteiger partial charge is 0.252 e. The van der Waals surface area contributed by atoms with E-state index in [1.807, 2.05) is 6.07 Å². The average molecular weight is 422 g/mol. The van der Waals surface area contributed by atoms with Crippen molar-refractivity contribution in [2.75, 3.05) is 32.7 Å². The van der Waals surface area contributed by atoms with Gasteiger partial charge in [0, 0.05) is 24.5 Å². The summed E-state index contributed by atoms with van der Waals surface area (Å²) in [7, 11) is -3.34. The van der Waals surface area contributed by atoms with Gasteiger partial charge in [0.2, 0.25) is 5.91 Å². The van der Waals surface area contributed by atoms with Crippen molar-refractivity contribution in [3.05, 3.63) is 17.0 Å². The maximum Gasteiger partial charge on any atom is 0.252 e. The maximum atomic E-state index is 12.6. The van der Waals surface area contributed by atoms with Crippen LogP contribution < -0.4 is 10.6 Å². The molecule has 26 heavy (non-hydrogen) atoms. The minimum atomic E-state index is -3.34. The van der Waals surface area contributed by atoms with Crippen LogP contribution in [0.1, 0.15) is 37.0 Å². The highest BCUT2D eigenvalue weighted by Crippen LogP contribution is 2.28. The van der Waals surface area contributed by atoms with Crippen molar-refractivity contribution in [1.29, 1.82) is 0 Å². The highest BCUT2D eigenvalue weighted by molar-refractivity contribution is 7.91. The average Bonchev–Trinajstić information content (AvgIpc) is 3.30. The van der Waals surface area contributed by atoms with Gasteiger partial charge in [-0.2, -0.15) is 4.31 Å². The molecule has 0 spiro atoms. The Balaban J connectivity index is 0.00000243. The van der Waals surface area contributed by atoms with Crippen LogP contribution in [0.15, 0.2) is 16.3 Å². The zero-order chi connectivity index (χ0) is 17.7. The summed E-state index contributed by atoms with van der Waals surface area (Å²) < 4.78 is 27.3. The third-order valence-corrected chi connectivity index (χ3v) is 8.17. The number of piperidine rings is 1. The molecule has 3 rings (SSSR count). The van der Waals surface area contributed by atoms with Gasteiger partial charge in [-0.25, -0.2) is 8.42 Å². The molecule has 2 N–H and O–H groups in total. The fraction of sp³-hybridized carbons (Fsp3) is 0.706. The topological polar surface area (TPSA) is 78.5 Å². The molecule has 1 saturated heterocycles. The van der Waals surface area contributed by atoms with Crippen molar-refractivity contribution in [1.82, 2.24) is 14.9 Å². The molecule has 148 valence electrons. The summed E-state index contributed by atoms with van der Waals surface area (Å²) >= 11 is 1.32. The Kier molecular flexibility index (Phi) is 8.35. The number of hydrogen-bond donors (Lipinski definition) is 2. The molecular formula is C17H28ClN3O3S2. The van der Waals surface area contributed by atoms with Crippen molar-refractivity contribution < 1.29 is 13.2 Å². The molecule has 1 aromatic rings. The summed E-state index contributed by atoms with van der Waals surface area (Å²) in [5.41, 5.74) is 0. The summed E-state index contributed by atoms with van der Waals surface area (Å²) in [5.74, 6) is 0.762. The van der Waals surface area contributed by atoms with E-state index < -0.39 is 10.0 Å². The Hall–Kier alpha value is -0.670. The molecule has 1 aliphatic carbocycles. The number of thiophene rings is 1. The van der Waals surface area contributed by atoms with Crippen LogP contribution in [0.2, 0.25) is 0 Å². The molecule has 1 aromatic heterocycles. The van der Waals surface area contributed by atoms with E-state index in [9.17, 15) is 13.2 Å². The van der Waals surface area contributed by atoms with Crippen LogP contribution in [0.25, 0.3) is 0 Å². The normalized spacial score (nSPS) is 18.3. The van der Waals surface area contributed by atoms with Gasteiger partial charge in [0.15, 0.2) is 0 Å². The van der Waals surface area contributed by atoms with E-state index in [-0.39, 0.29) is 18.3 Å². The van der Waals surface area contributed by atoms with Crippen LogP contribution in [0.5, 0.6) is 0 Å². The third kappa shape index (κ3) is 6.20. The second kappa shape index (κ2) is 10.0. The first-order valence-corrected chi connectivity index (χ1v) is 11.4. The standard InChI is InChI=1S/C17H27N3O3S2.ClH/c21-16(13-18-12-14-4-5-14)19-9-8-15-6-7-17(24-15)25(22,23)20-10-2-1-3-11-20;/h6-7,14,18H,1-5,8-13H2,(H,19,21);1H. The van der Waals surface area contributed by atoms with Gasteiger partial charge in [0.1, 0.15) is 4.21 Å². The van der Waals surface area contributed by atoms with E-state index in [1.165, 1.54) is 24.2 Å². The number of hydrogen-bond acceptors (Lipinski definition) is 5. The number of nitrogens with one attached hydrogen (secondary N) is 2. The Labute approximate surface area is 166 Å². The molecule has 1 saturated carbocycles. The molecular weight excluding hydrogens is 394 g/mol. The molecule has 0 bridgehead atoms. The van der Waals surface area contributed by atoms with Gasteiger partial charge in [-0.3, -0.25) is 4.79 Å². The maximum absolute atomic E-state index is 12.6. The van der Waals surface area contributed by atoms with E-state index in [2.05, 4.69) is 10.6 Å². The summed E-state index contributed by atoms with van der Waals surface area (Å²) in [6, 6.07) is 3.56. The lowest BCUT2D eigenvalue weighted by Gasteiger charge is -2.25. The van der Waals surface area contributed by atoms with Crippen LogP contribution in [0.4, 0.5) is 0 Å². The zero-order valence-corrected chi connectivity index (χ0v) is 17.4. The van der Waals surface area contributed by atoms with Gasteiger partial charge < -0.3 is 10.6 Å². The largest absolute Gasteiger partial charge is 0.355 e. The number of halogens is 1. The highest BCUT2D eigenvalue weighted by Gasteiger charge is 2.27. The van der Waals surface area contributed by atoms with Crippen molar-refractivity contribution >= 4 is 39.7 Å². The van der Waals surface area contributed by atoms with Gasteiger partial charge in [0.25, 0.3) is 10.0 Å². The number of amides is 1. The fourth-order valence-electron chi connectivity index (χ4n) is 2.96. The van der Waals surface area contributed by atoms with Crippen molar-refractivity contribution in [3.63, 3.8) is 0 Å². The number of carbonyl (C=O) groups excluding carboxylic acids is 1. The molecule has 6 nitrogen and oxygen atoms in total. The number of carbonyl (C=O) groups is 1. The predicted octanol–water partition coefficient (Wildman–Crippen LogP) is 2.00. The molecule has 0 atom stereocenters. The lowest BCUT2D eigenvalue weighted by molar-refractivity contribution is -0.120. The van der Waals surface area contributed by atoms with Crippen LogP contribution >= 0.6 is 23.7 Å². The molecule has 2 heterocycles.